The van der Waals surface area contributed by atoms with Crippen LogP contribution in [0.2, 0.25) is 0 Å². The van der Waals surface area contributed by atoms with Gasteiger partial charge >= 0.3 is 0 Å². The number of methoxy groups -OCH3 is 1. The lowest BCUT2D eigenvalue weighted by Crippen LogP contribution is -2.30. The first-order chi connectivity index (χ1) is 22.4. The Hall–Kier alpha value is -5.67. The predicted octanol–water partition coefficient (Wildman–Crippen LogP) is 7.72. The Kier molecular flexibility index (Phi) is 10.6. The summed E-state index contributed by atoms with van der Waals surface area (Å²) in [6, 6.07) is 37.7. The first kappa shape index (κ1) is 31.7. The third-order valence-corrected chi connectivity index (χ3v) is 8.04. The fourth-order valence-corrected chi connectivity index (χ4v) is 5.43. The fourth-order valence-electron chi connectivity index (χ4n) is 4.40. The summed E-state index contributed by atoms with van der Waals surface area (Å²) in [5.74, 6) is -0.938. The van der Waals surface area contributed by atoms with E-state index in [4.69, 9.17) is 4.74 Å². The minimum Gasteiger partial charge on any atom is -0.497 e. The molecule has 0 bridgehead atoms. The van der Waals surface area contributed by atoms with Gasteiger partial charge in [0, 0.05) is 21.8 Å². The van der Waals surface area contributed by atoms with Crippen LogP contribution in [0, 0.1) is 5.82 Å². The van der Waals surface area contributed by atoms with Crippen molar-refractivity contribution in [1.82, 2.24) is 5.32 Å². The van der Waals surface area contributed by atoms with Crippen LogP contribution in [0.1, 0.15) is 26.7 Å². The van der Waals surface area contributed by atoms with Crippen molar-refractivity contribution in [3.8, 4) is 5.75 Å². The smallest absolute Gasteiger partial charge is 0.272 e. The van der Waals surface area contributed by atoms with Crippen LogP contribution in [-0.4, -0.2) is 24.8 Å². The molecule has 0 fully saturated rings. The number of hydrogen-bond acceptors (Lipinski definition) is 5. The quantitative estimate of drug-likeness (QED) is 0.103. The van der Waals surface area contributed by atoms with Gasteiger partial charge in [-0.15, -0.1) is 11.8 Å². The molecular weight excluding hydrogens is 601 g/mol. The summed E-state index contributed by atoms with van der Waals surface area (Å²) in [7, 11) is 1.58. The fraction of sp³-hybridized carbons (Fsp3) is 0.0541. The molecule has 1 atom stereocenters. The van der Waals surface area contributed by atoms with Gasteiger partial charge in [0.25, 0.3) is 11.8 Å². The van der Waals surface area contributed by atoms with Crippen LogP contribution in [0.25, 0.3) is 6.08 Å². The number of ether oxygens (including phenoxy) is 1. The van der Waals surface area contributed by atoms with Crippen LogP contribution in [-0.2, 0) is 9.59 Å². The Balaban J connectivity index is 1.31. The zero-order valence-electron chi connectivity index (χ0n) is 24.8. The monoisotopic (exact) mass is 631 g/mol. The van der Waals surface area contributed by atoms with Crippen LogP contribution < -0.4 is 20.7 Å². The van der Waals surface area contributed by atoms with Crippen LogP contribution in [0.3, 0.4) is 0 Å². The van der Waals surface area contributed by atoms with Crippen LogP contribution in [0.5, 0.6) is 5.75 Å². The topological polar surface area (TPSA) is 96.5 Å². The van der Waals surface area contributed by atoms with Crippen molar-refractivity contribution in [3.63, 3.8) is 0 Å². The van der Waals surface area contributed by atoms with E-state index in [0.29, 0.717) is 28.3 Å². The van der Waals surface area contributed by atoms with Crippen molar-refractivity contribution in [1.29, 1.82) is 0 Å². The van der Waals surface area contributed by atoms with E-state index in [1.54, 1.807) is 73.8 Å². The Morgan fingerprint density at radius 2 is 1.30 bits per heavy atom. The molecule has 0 aromatic heterocycles. The summed E-state index contributed by atoms with van der Waals surface area (Å²) in [6.45, 7) is 0. The number of amides is 3. The summed E-state index contributed by atoms with van der Waals surface area (Å²) in [6.07, 6.45) is 1.48. The van der Waals surface area contributed by atoms with Gasteiger partial charge in [-0.05, 0) is 90.0 Å². The van der Waals surface area contributed by atoms with E-state index in [2.05, 4.69) is 16.0 Å². The van der Waals surface area contributed by atoms with E-state index in [9.17, 15) is 18.8 Å². The second kappa shape index (κ2) is 15.4. The number of hydrogen-bond donors (Lipinski definition) is 3. The Labute approximate surface area is 270 Å². The molecule has 1 unspecified atom stereocenters. The van der Waals surface area contributed by atoms with E-state index in [1.165, 1.54) is 42.1 Å². The van der Waals surface area contributed by atoms with Gasteiger partial charge in [0.05, 0.1) is 7.11 Å². The highest BCUT2D eigenvalue weighted by atomic mass is 32.2. The zero-order chi connectivity index (χ0) is 32.3. The van der Waals surface area contributed by atoms with Gasteiger partial charge in [-0.2, -0.15) is 0 Å². The van der Waals surface area contributed by atoms with Gasteiger partial charge in [0.2, 0.25) is 5.91 Å². The first-order valence-electron chi connectivity index (χ1n) is 14.3. The van der Waals surface area contributed by atoms with Crippen molar-refractivity contribution in [3.05, 3.63) is 162 Å². The Morgan fingerprint density at radius 3 is 1.93 bits per heavy atom. The summed E-state index contributed by atoms with van der Waals surface area (Å²) < 4.78 is 18.7. The molecule has 0 radical (unpaired) electrons. The van der Waals surface area contributed by atoms with Crippen LogP contribution >= 0.6 is 11.8 Å². The molecule has 0 aliphatic heterocycles. The maximum absolute atomic E-state index is 13.5. The molecule has 46 heavy (non-hydrogen) atoms. The van der Waals surface area contributed by atoms with E-state index in [1.807, 2.05) is 42.5 Å². The van der Waals surface area contributed by atoms with E-state index in [0.717, 1.165) is 10.5 Å². The molecule has 3 N–H and O–H groups in total. The molecule has 0 heterocycles. The van der Waals surface area contributed by atoms with Crippen molar-refractivity contribution in [2.24, 2.45) is 0 Å². The molecule has 230 valence electrons. The predicted molar refractivity (Wildman–Crippen MR) is 180 cm³/mol. The third kappa shape index (κ3) is 8.71. The molecular formula is C37H30FN3O4S. The first-order valence-corrected chi connectivity index (χ1v) is 15.2. The molecule has 3 amide bonds. The SMILES string of the molecule is COc1ccc(NC(=O)C(Sc2ccc(NC(=O)/C(=C/c3ccc(F)cc3)NC(=O)c3ccccc3)cc2)c2ccccc2)cc1. The minimum absolute atomic E-state index is 0.0155. The number of carbonyl (C=O) groups is 3. The molecule has 5 aromatic rings. The largest absolute Gasteiger partial charge is 0.497 e. The average molecular weight is 632 g/mol. The minimum atomic E-state index is -0.560. The molecule has 9 heteroatoms. The molecule has 0 spiro atoms. The van der Waals surface area contributed by atoms with Gasteiger partial charge in [-0.3, -0.25) is 14.4 Å². The second-order valence-corrected chi connectivity index (χ2v) is 11.2. The number of carbonyl (C=O) groups excluding carboxylic acids is 3. The van der Waals surface area contributed by atoms with E-state index in [-0.39, 0.29) is 11.6 Å². The Morgan fingerprint density at radius 1 is 0.717 bits per heavy atom. The lowest BCUT2D eigenvalue weighted by Gasteiger charge is -2.18. The number of halogens is 1. The van der Waals surface area contributed by atoms with Gasteiger partial charge in [-0.1, -0.05) is 60.7 Å². The highest BCUT2D eigenvalue weighted by Crippen LogP contribution is 2.37. The van der Waals surface area contributed by atoms with Gasteiger partial charge in [0.15, 0.2) is 0 Å². The summed E-state index contributed by atoms with van der Waals surface area (Å²) in [4.78, 5) is 40.5. The van der Waals surface area contributed by atoms with Crippen molar-refractivity contribution >= 4 is 46.9 Å². The van der Waals surface area contributed by atoms with Gasteiger partial charge in [-0.25, -0.2) is 4.39 Å². The lowest BCUT2D eigenvalue weighted by molar-refractivity contribution is -0.116. The molecule has 5 aromatic carbocycles. The van der Waals surface area contributed by atoms with Crippen molar-refractivity contribution in [2.45, 2.75) is 10.1 Å². The molecule has 0 saturated heterocycles. The van der Waals surface area contributed by atoms with Gasteiger partial charge < -0.3 is 20.7 Å². The van der Waals surface area contributed by atoms with Crippen molar-refractivity contribution < 1.29 is 23.5 Å². The lowest BCUT2D eigenvalue weighted by atomic mass is 10.1. The Bertz CT molecular complexity index is 1810. The average Bonchev–Trinajstić information content (AvgIpc) is 3.09. The summed E-state index contributed by atoms with van der Waals surface area (Å²) in [5.41, 5.74) is 2.86. The molecule has 5 rings (SSSR count). The number of thioether (sulfide) groups is 1. The highest BCUT2D eigenvalue weighted by molar-refractivity contribution is 8.00. The molecule has 0 aliphatic rings. The molecule has 0 saturated carbocycles. The standard InChI is InChI=1S/C37H30FN3O4S/c1-45-31-20-16-29(17-21-31)40-37(44)34(26-8-4-2-5-9-26)46-32-22-18-30(19-23-32)39-36(43)33(24-25-12-14-28(38)15-13-25)41-35(42)27-10-6-3-7-11-27/h2-24,34H,1H3,(H,39,43)(H,40,44)(H,41,42)/b33-24-. The van der Waals surface area contributed by atoms with Crippen LogP contribution in [0.4, 0.5) is 15.8 Å². The molecule has 0 aliphatic carbocycles. The zero-order valence-corrected chi connectivity index (χ0v) is 25.6. The second-order valence-electron chi connectivity index (χ2n) is 10.0. The normalized spacial score (nSPS) is 11.7. The van der Waals surface area contributed by atoms with E-state index >= 15 is 0 Å². The molecule has 7 nitrogen and oxygen atoms in total. The number of benzene rings is 5. The number of rotatable bonds is 11. The van der Waals surface area contributed by atoms with Crippen molar-refractivity contribution in [2.75, 3.05) is 17.7 Å². The summed E-state index contributed by atoms with van der Waals surface area (Å²) in [5, 5.41) is 7.91. The van der Waals surface area contributed by atoms with Gasteiger partial charge in [0.1, 0.15) is 22.5 Å². The number of anilines is 2. The van der Waals surface area contributed by atoms with Crippen LogP contribution in [0.15, 0.2) is 144 Å². The third-order valence-electron chi connectivity index (χ3n) is 6.77. The maximum Gasteiger partial charge on any atom is 0.272 e. The highest BCUT2D eigenvalue weighted by Gasteiger charge is 2.22. The number of nitrogens with one attached hydrogen (secondary N) is 3. The summed E-state index contributed by atoms with van der Waals surface area (Å²) >= 11 is 1.37. The van der Waals surface area contributed by atoms with E-state index < -0.39 is 22.9 Å². The maximum atomic E-state index is 13.5.